The first-order chi connectivity index (χ1) is 6.25. The van der Waals surface area contributed by atoms with Crippen LogP contribution in [0.5, 0.6) is 0 Å². The predicted octanol–water partition coefficient (Wildman–Crippen LogP) is 1.32. The Morgan fingerprint density at radius 3 is 2.77 bits per heavy atom. The molecule has 0 aromatic carbocycles. The zero-order chi connectivity index (χ0) is 9.26. The van der Waals surface area contributed by atoms with Gasteiger partial charge < -0.3 is 5.73 Å². The fraction of sp³-hybridized carbons (Fsp3) is 0. The third kappa shape index (κ3) is 1.62. The van der Waals surface area contributed by atoms with Crippen LogP contribution in [0, 0.1) is 5.95 Å². The molecule has 0 radical (unpaired) electrons. The summed E-state index contributed by atoms with van der Waals surface area (Å²) in [5, 5.41) is 8.22. The van der Waals surface area contributed by atoms with Gasteiger partial charge in [-0.1, -0.05) is 17.4 Å². The first kappa shape index (κ1) is 8.06. The molecule has 0 atom stereocenters. The first-order valence-electron chi connectivity index (χ1n) is 3.47. The molecule has 66 valence electrons. The van der Waals surface area contributed by atoms with Crippen molar-refractivity contribution in [1.82, 2.24) is 15.2 Å². The SMILES string of the molecule is Nc1nnc(-c2cccc(F)n2)s1. The number of nitrogens with zero attached hydrogens (tertiary/aromatic N) is 3. The van der Waals surface area contributed by atoms with Crippen molar-refractivity contribution in [2.24, 2.45) is 0 Å². The van der Waals surface area contributed by atoms with E-state index < -0.39 is 5.95 Å². The van der Waals surface area contributed by atoms with Crippen molar-refractivity contribution >= 4 is 16.5 Å². The van der Waals surface area contributed by atoms with Crippen LogP contribution in [0.4, 0.5) is 9.52 Å². The van der Waals surface area contributed by atoms with Crippen molar-refractivity contribution in [2.45, 2.75) is 0 Å². The highest BCUT2D eigenvalue weighted by Crippen LogP contribution is 2.22. The molecule has 2 heterocycles. The van der Waals surface area contributed by atoms with Crippen LogP contribution in [0.2, 0.25) is 0 Å². The van der Waals surface area contributed by atoms with Crippen molar-refractivity contribution < 1.29 is 4.39 Å². The summed E-state index contributed by atoms with van der Waals surface area (Å²) >= 11 is 1.18. The number of rotatable bonds is 1. The van der Waals surface area contributed by atoms with Crippen LogP contribution in [-0.4, -0.2) is 15.2 Å². The maximum atomic E-state index is 12.7. The lowest BCUT2D eigenvalue weighted by atomic mass is 10.4. The lowest BCUT2D eigenvalue weighted by molar-refractivity contribution is 0.585. The average molecular weight is 196 g/mol. The Labute approximate surface area is 77.3 Å². The molecular weight excluding hydrogens is 191 g/mol. The van der Waals surface area contributed by atoms with Gasteiger partial charge in [-0.05, 0) is 12.1 Å². The Bertz CT molecular complexity index is 428. The fourth-order valence-corrected chi connectivity index (χ4v) is 1.45. The van der Waals surface area contributed by atoms with Gasteiger partial charge in [-0.25, -0.2) is 4.98 Å². The molecular formula is C7H5FN4S. The molecule has 0 bridgehead atoms. The Morgan fingerprint density at radius 1 is 1.31 bits per heavy atom. The van der Waals surface area contributed by atoms with E-state index in [4.69, 9.17) is 5.73 Å². The molecule has 2 N–H and O–H groups in total. The summed E-state index contributed by atoms with van der Waals surface area (Å²) in [6.45, 7) is 0. The smallest absolute Gasteiger partial charge is 0.213 e. The van der Waals surface area contributed by atoms with E-state index in [1.807, 2.05) is 0 Å². The molecule has 0 unspecified atom stereocenters. The minimum atomic E-state index is -0.536. The molecule has 0 aliphatic heterocycles. The molecule has 0 amide bonds. The van der Waals surface area contributed by atoms with E-state index in [0.29, 0.717) is 15.8 Å². The lowest BCUT2D eigenvalue weighted by Gasteiger charge is -1.92. The van der Waals surface area contributed by atoms with E-state index in [2.05, 4.69) is 15.2 Å². The van der Waals surface area contributed by atoms with Crippen LogP contribution in [0.25, 0.3) is 10.7 Å². The van der Waals surface area contributed by atoms with Crippen LogP contribution in [0.1, 0.15) is 0 Å². The lowest BCUT2D eigenvalue weighted by Crippen LogP contribution is -1.85. The summed E-state index contributed by atoms with van der Waals surface area (Å²) in [4.78, 5) is 3.64. The van der Waals surface area contributed by atoms with Gasteiger partial charge in [-0.15, -0.1) is 10.2 Å². The van der Waals surface area contributed by atoms with E-state index in [0.717, 1.165) is 0 Å². The Balaban J connectivity index is 2.46. The topological polar surface area (TPSA) is 64.7 Å². The van der Waals surface area contributed by atoms with Gasteiger partial charge in [0.05, 0.1) is 0 Å². The molecule has 0 aliphatic carbocycles. The molecule has 0 saturated carbocycles. The van der Waals surface area contributed by atoms with E-state index >= 15 is 0 Å². The molecule has 0 aliphatic rings. The minimum absolute atomic E-state index is 0.348. The van der Waals surface area contributed by atoms with Gasteiger partial charge in [-0.2, -0.15) is 4.39 Å². The second-order valence-electron chi connectivity index (χ2n) is 2.29. The maximum Gasteiger partial charge on any atom is 0.213 e. The van der Waals surface area contributed by atoms with Crippen LogP contribution in [0.15, 0.2) is 18.2 Å². The zero-order valence-corrected chi connectivity index (χ0v) is 7.25. The van der Waals surface area contributed by atoms with Crippen LogP contribution in [-0.2, 0) is 0 Å². The molecule has 2 aromatic rings. The summed E-state index contributed by atoms with van der Waals surface area (Å²) in [5.41, 5.74) is 5.83. The van der Waals surface area contributed by atoms with Crippen molar-refractivity contribution in [2.75, 3.05) is 5.73 Å². The Hall–Kier alpha value is -1.56. The standard InChI is InChI=1S/C7H5FN4S/c8-5-3-1-2-4(10-5)6-11-12-7(9)13-6/h1-3H,(H2,9,12). The van der Waals surface area contributed by atoms with E-state index in [-0.39, 0.29) is 0 Å². The van der Waals surface area contributed by atoms with Crippen LogP contribution < -0.4 is 5.73 Å². The quantitative estimate of drug-likeness (QED) is 0.698. The zero-order valence-electron chi connectivity index (χ0n) is 6.44. The summed E-state index contributed by atoms with van der Waals surface area (Å²) in [7, 11) is 0. The Kier molecular flexibility index (Phi) is 1.90. The summed E-state index contributed by atoms with van der Waals surface area (Å²) in [6, 6.07) is 4.49. The largest absolute Gasteiger partial charge is 0.374 e. The third-order valence-electron chi connectivity index (χ3n) is 1.37. The molecule has 4 nitrogen and oxygen atoms in total. The number of hydrogen-bond donors (Lipinski definition) is 1. The molecule has 0 spiro atoms. The van der Waals surface area contributed by atoms with Crippen molar-refractivity contribution in [3.05, 3.63) is 24.1 Å². The average Bonchev–Trinajstić information content (AvgIpc) is 2.52. The first-order valence-corrected chi connectivity index (χ1v) is 4.29. The van der Waals surface area contributed by atoms with Gasteiger partial charge in [0.2, 0.25) is 11.1 Å². The number of nitrogen functional groups attached to an aromatic ring is 1. The van der Waals surface area contributed by atoms with E-state index in [1.165, 1.54) is 17.4 Å². The maximum absolute atomic E-state index is 12.7. The number of halogens is 1. The second-order valence-corrected chi connectivity index (χ2v) is 3.30. The van der Waals surface area contributed by atoms with Crippen molar-refractivity contribution in [3.8, 4) is 10.7 Å². The molecule has 2 rings (SSSR count). The van der Waals surface area contributed by atoms with Crippen molar-refractivity contribution in [1.29, 1.82) is 0 Å². The van der Waals surface area contributed by atoms with Gasteiger partial charge in [0.25, 0.3) is 0 Å². The minimum Gasteiger partial charge on any atom is -0.374 e. The number of nitrogens with two attached hydrogens (primary N) is 1. The Morgan fingerprint density at radius 2 is 2.15 bits per heavy atom. The van der Waals surface area contributed by atoms with Gasteiger partial charge >= 0.3 is 0 Å². The third-order valence-corrected chi connectivity index (χ3v) is 2.15. The number of hydrogen-bond acceptors (Lipinski definition) is 5. The normalized spacial score (nSPS) is 10.2. The highest BCUT2D eigenvalue weighted by molar-refractivity contribution is 7.18. The molecule has 0 saturated heterocycles. The number of anilines is 1. The van der Waals surface area contributed by atoms with Crippen LogP contribution in [0.3, 0.4) is 0 Å². The molecule has 0 fully saturated rings. The molecule has 6 heteroatoms. The number of aromatic nitrogens is 3. The molecule has 13 heavy (non-hydrogen) atoms. The summed E-state index contributed by atoms with van der Waals surface area (Å²) < 4.78 is 12.7. The fourth-order valence-electron chi connectivity index (χ4n) is 0.865. The number of pyridine rings is 1. The van der Waals surface area contributed by atoms with E-state index in [1.54, 1.807) is 12.1 Å². The van der Waals surface area contributed by atoms with Gasteiger partial charge in [0.1, 0.15) is 5.69 Å². The highest BCUT2D eigenvalue weighted by Gasteiger charge is 2.05. The van der Waals surface area contributed by atoms with Gasteiger partial charge in [0, 0.05) is 0 Å². The van der Waals surface area contributed by atoms with E-state index in [9.17, 15) is 4.39 Å². The van der Waals surface area contributed by atoms with Crippen molar-refractivity contribution in [3.63, 3.8) is 0 Å². The summed E-state index contributed by atoms with van der Waals surface area (Å²) in [5.74, 6) is -0.536. The monoisotopic (exact) mass is 196 g/mol. The molecule has 2 aromatic heterocycles. The van der Waals surface area contributed by atoms with Gasteiger partial charge in [0.15, 0.2) is 5.01 Å². The van der Waals surface area contributed by atoms with Crippen LogP contribution >= 0.6 is 11.3 Å². The van der Waals surface area contributed by atoms with Gasteiger partial charge in [-0.3, -0.25) is 0 Å². The summed E-state index contributed by atoms with van der Waals surface area (Å²) in [6.07, 6.45) is 0. The predicted molar refractivity (Wildman–Crippen MR) is 47.5 cm³/mol. The highest BCUT2D eigenvalue weighted by atomic mass is 32.1. The second kappa shape index (κ2) is 3.06.